The maximum absolute atomic E-state index is 5.65. The van der Waals surface area contributed by atoms with Crippen molar-refractivity contribution in [3.63, 3.8) is 0 Å². The zero-order valence-corrected chi connectivity index (χ0v) is 8.68. The molecule has 0 spiro atoms. The van der Waals surface area contributed by atoms with Crippen molar-refractivity contribution in [2.24, 2.45) is 5.41 Å². The van der Waals surface area contributed by atoms with Gasteiger partial charge in [-0.25, -0.2) is 0 Å². The Morgan fingerprint density at radius 3 is 2.77 bits per heavy atom. The van der Waals surface area contributed by atoms with E-state index in [9.17, 15) is 0 Å². The summed E-state index contributed by atoms with van der Waals surface area (Å²) >= 11 is 0. The Morgan fingerprint density at radius 2 is 2.23 bits per heavy atom. The zero-order chi connectivity index (χ0) is 9.31. The minimum Gasteiger partial charge on any atom is -0.374 e. The van der Waals surface area contributed by atoms with E-state index in [1.54, 1.807) is 0 Å². The van der Waals surface area contributed by atoms with E-state index in [0.29, 0.717) is 11.5 Å². The molecule has 0 aliphatic carbocycles. The van der Waals surface area contributed by atoms with Gasteiger partial charge in [0.1, 0.15) is 0 Å². The summed E-state index contributed by atoms with van der Waals surface area (Å²) in [5.74, 6) is 0. The van der Waals surface area contributed by atoms with Gasteiger partial charge in [-0.1, -0.05) is 13.8 Å². The fourth-order valence-corrected chi connectivity index (χ4v) is 2.32. The molecule has 13 heavy (non-hydrogen) atoms. The van der Waals surface area contributed by atoms with E-state index < -0.39 is 0 Å². The highest BCUT2D eigenvalue weighted by molar-refractivity contribution is 4.89. The molecule has 2 rings (SSSR count). The topological polar surface area (TPSA) is 24.5 Å². The summed E-state index contributed by atoms with van der Waals surface area (Å²) in [6.07, 6.45) is 0.421. The standard InChI is InChI=1S/C10H20N2O/c1-10(2)7-12(8-10)6-9-5-11-3-4-13-9/h9,11H,3-8H2,1-2H3. The van der Waals surface area contributed by atoms with E-state index >= 15 is 0 Å². The lowest BCUT2D eigenvalue weighted by Crippen LogP contribution is -2.57. The molecule has 1 unspecified atom stereocenters. The van der Waals surface area contributed by atoms with Gasteiger partial charge in [0.2, 0.25) is 0 Å². The summed E-state index contributed by atoms with van der Waals surface area (Å²) in [4.78, 5) is 2.48. The van der Waals surface area contributed by atoms with Crippen molar-refractivity contribution < 1.29 is 4.74 Å². The summed E-state index contributed by atoms with van der Waals surface area (Å²) in [6.45, 7) is 11.1. The first-order valence-electron chi connectivity index (χ1n) is 5.20. The van der Waals surface area contributed by atoms with Gasteiger partial charge in [-0.2, -0.15) is 0 Å². The fraction of sp³-hybridized carbons (Fsp3) is 1.00. The second-order valence-corrected chi connectivity index (χ2v) is 5.03. The van der Waals surface area contributed by atoms with Gasteiger partial charge < -0.3 is 10.1 Å². The average molecular weight is 184 g/mol. The van der Waals surface area contributed by atoms with Gasteiger partial charge >= 0.3 is 0 Å². The highest BCUT2D eigenvalue weighted by Gasteiger charge is 2.35. The molecule has 0 radical (unpaired) electrons. The Bertz CT molecular complexity index is 168. The van der Waals surface area contributed by atoms with Crippen molar-refractivity contribution in [2.75, 3.05) is 39.3 Å². The molecule has 3 heteroatoms. The van der Waals surface area contributed by atoms with Crippen LogP contribution in [0.5, 0.6) is 0 Å². The number of likely N-dealkylation sites (tertiary alicyclic amines) is 1. The third-order valence-electron chi connectivity index (χ3n) is 2.77. The molecule has 0 saturated carbocycles. The van der Waals surface area contributed by atoms with Gasteiger partial charge in [0, 0.05) is 32.7 Å². The molecule has 2 saturated heterocycles. The highest BCUT2D eigenvalue weighted by atomic mass is 16.5. The molecule has 1 atom stereocenters. The normalized spacial score (nSPS) is 34.2. The van der Waals surface area contributed by atoms with E-state index in [2.05, 4.69) is 24.1 Å². The van der Waals surface area contributed by atoms with Crippen LogP contribution in [0.1, 0.15) is 13.8 Å². The second kappa shape index (κ2) is 3.56. The van der Waals surface area contributed by atoms with Crippen LogP contribution >= 0.6 is 0 Å². The van der Waals surface area contributed by atoms with Crippen molar-refractivity contribution in [3.05, 3.63) is 0 Å². The maximum Gasteiger partial charge on any atom is 0.0826 e. The van der Waals surface area contributed by atoms with Gasteiger partial charge in [-0.05, 0) is 5.41 Å². The van der Waals surface area contributed by atoms with Crippen molar-refractivity contribution in [2.45, 2.75) is 20.0 Å². The number of hydrogen-bond donors (Lipinski definition) is 1. The molecule has 2 aliphatic rings. The molecule has 2 heterocycles. The van der Waals surface area contributed by atoms with E-state index in [1.165, 1.54) is 13.1 Å². The fourth-order valence-electron chi connectivity index (χ4n) is 2.32. The van der Waals surface area contributed by atoms with E-state index in [4.69, 9.17) is 4.74 Å². The minimum absolute atomic E-state index is 0.421. The lowest BCUT2D eigenvalue weighted by atomic mass is 9.84. The molecule has 0 amide bonds. The number of rotatable bonds is 2. The zero-order valence-electron chi connectivity index (χ0n) is 8.68. The number of hydrogen-bond acceptors (Lipinski definition) is 3. The molecule has 3 nitrogen and oxygen atoms in total. The van der Waals surface area contributed by atoms with Gasteiger partial charge in [0.05, 0.1) is 12.7 Å². The Hall–Kier alpha value is -0.120. The summed E-state index contributed by atoms with van der Waals surface area (Å²) < 4.78 is 5.65. The molecule has 76 valence electrons. The Labute approximate surface area is 80.4 Å². The van der Waals surface area contributed by atoms with Crippen molar-refractivity contribution in [1.29, 1.82) is 0 Å². The average Bonchev–Trinajstić information content (AvgIpc) is 2.03. The van der Waals surface area contributed by atoms with E-state index in [0.717, 1.165) is 26.2 Å². The Morgan fingerprint density at radius 1 is 1.46 bits per heavy atom. The van der Waals surface area contributed by atoms with Gasteiger partial charge in [0.25, 0.3) is 0 Å². The van der Waals surface area contributed by atoms with Gasteiger partial charge in [-0.15, -0.1) is 0 Å². The van der Waals surface area contributed by atoms with Crippen LogP contribution in [-0.2, 0) is 4.74 Å². The predicted molar refractivity (Wildman–Crippen MR) is 52.8 cm³/mol. The largest absolute Gasteiger partial charge is 0.374 e. The third-order valence-corrected chi connectivity index (χ3v) is 2.77. The molecule has 0 aromatic carbocycles. The number of ether oxygens (including phenoxy) is 1. The van der Waals surface area contributed by atoms with Crippen LogP contribution in [0.15, 0.2) is 0 Å². The number of nitrogens with one attached hydrogen (secondary N) is 1. The smallest absolute Gasteiger partial charge is 0.0826 e. The number of nitrogens with zero attached hydrogens (tertiary/aromatic N) is 1. The Kier molecular flexibility index (Phi) is 2.58. The molecule has 0 aromatic rings. The molecule has 1 N–H and O–H groups in total. The van der Waals surface area contributed by atoms with Crippen LogP contribution in [0.2, 0.25) is 0 Å². The van der Waals surface area contributed by atoms with Crippen LogP contribution in [0.25, 0.3) is 0 Å². The van der Waals surface area contributed by atoms with Crippen LogP contribution in [0, 0.1) is 5.41 Å². The van der Waals surface area contributed by atoms with Crippen molar-refractivity contribution in [3.8, 4) is 0 Å². The van der Waals surface area contributed by atoms with E-state index in [1.807, 2.05) is 0 Å². The summed E-state index contributed by atoms with van der Waals surface area (Å²) in [5.41, 5.74) is 0.544. The van der Waals surface area contributed by atoms with Crippen LogP contribution in [0.4, 0.5) is 0 Å². The number of morpholine rings is 1. The molecule has 0 aromatic heterocycles. The molecular weight excluding hydrogens is 164 g/mol. The predicted octanol–water partition coefficient (Wildman–Crippen LogP) is 0.317. The summed E-state index contributed by atoms with van der Waals surface area (Å²) in [7, 11) is 0. The lowest BCUT2D eigenvalue weighted by Gasteiger charge is -2.47. The molecule has 2 aliphatic heterocycles. The van der Waals surface area contributed by atoms with E-state index in [-0.39, 0.29) is 0 Å². The van der Waals surface area contributed by atoms with Crippen LogP contribution < -0.4 is 5.32 Å². The summed E-state index contributed by atoms with van der Waals surface area (Å²) in [5, 5.41) is 3.36. The Balaban J connectivity index is 1.68. The van der Waals surface area contributed by atoms with Crippen LogP contribution in [-0.4, -0.2) is 50.3 Å². The third kappa shape index (κ3) is 2.42. The first kappa shape index (κ1) is 9.44. The molecule has 0 bridgehead atoms. The first-order valence-corrected chi connectivity index (χ1v) is 5.20. The molecule has 2 fully saturated rings. The second-order valence-electron chi connectivity index (χ2n) is 5.03. The lowest BCUT2D eigenvalue weighted by molar-refractivity contribution is -0.0425. The quantitative estimate of drug-likeness (QED) is 0.669. The van der Waals surface area contributed by atoms with Crippen molar-refractivity contribution >= 4 is 0 Å². The molecular formula is C10H20N2O. The summed E-state index contributed by atoms with van der Waals surface area (Å²) in [6, 6.07) is 0. The first-order chi connectivity index (χ1) is 6.16. The maximum atomic E-state index is 5.65. The van der Waals surface area contributed by atoms with Gasteiger partial charge in [-0.3, -0.25) is 4.90 Å². The monoisotopic (exact) mass is 184 g/mol. The SMILES string of the molecule is CC1(C)CN(CC2CNCCO2)C1. The van der Waals surface area contributed by atoms with Gasteiger partial charge in [0.15, 0.2) is 0 Å². The van der Waals surface area contributed by atoms with Crippen LogP contribution in [0.3, 0.4) is 0 Å². The minimum atomic E-state index is 0.421. The van der Waals surface area contributed by atoms with Crippen molar-refractivity contribution in [1.82, 2.24) is 10.2 Å². The highest BCUT2D eigenvalue weighted by Crippen LogP contribution is 2.28.